The fourth-order valence-electron chi connectivity index (χ4n) is 3.27. The van der Waals surface area contributed by atoms with Gasteiger partial charge in [-0.2, -0.15) is 13.2 Å². The number of ether oxygens (including phenoxy) is 1. The van der Waals surface area contributed by atoms with E-state index in [9.17, 15) is 18.0 Å². The maximum absolute atomic E-state index is 13.2. The highest BCUT2D eigenvalue weighted by Gasteiger charge is 2.45. The molecular formula is C19H20F3N7O2S. The fourth-order valence-corrected chi connectivity index (χ4v) is 4.04. The highest BCUT2D eigenvalue weighted by atomic mass is 32.1. The van der Waals surface area contributed by atoms with Gasteiger partial charge in [-0.25, -0.2) is 15.0 Å². The monoisotopic (exact) mass is 467 g/mol. The van der Waals surface area contributed by atoms with Gasteiger partial charge < -0.3 is 4.74 Å². The van der Waals surface area contributed by atoms with Crippen LogP contribution in [0.15, 0.2) is 36.1 Å². The number of hydrogen-bond donors (Lipinski definition) is 0. The average molecular weight is 467 g/mol. The summed E-state index contributed by atoms with van der Waals surface area (Å²) in [6.45, 7) is 3.79. The van der Waals surface area contributed by atoms with Crippen molar-refractivity contribution in [1.82, 2.24) is 29.7 Å². The highest BCUT2D eigenvalue weighted by molar-refractivity contribution is 7.13. The van der Waals surface area contributed by atoms with Crippen molar-refractivity contribution < 1.29 is 22.7 Å². The standard InChI is InChI=1S/C19H20F3N7O2S/c1-12(19(20,21)22)28-11-24-26-15(28)16-25-14(8-32-16)29(27-9-18(2,10-27)31-3)17(30)13-6-4-5-7-23-13/h4-8,11-12H,9-10H2,1-3H3. The molecule has 32 heavy (non-hydrogen) atoms. The van der Waals surface area contributed by atoms with E-state index >= 15 is 0 Å². The number of carbonyl (C=O) groups is 1. The van der Waals surface area contributed by atoms with Crippen LogP contribution in [-0.2, 0) is 4.74 Å². The van der Waals surface area contributed by atoms with Crippen LogP contribution < -0.4 is 5.01 Å². The Morgan fingerprint density at radius 1 is 1.34 bits per heavy atom. The van der Waals surface area contributed by atoms with Gasteiger partial charge in [0.05, 0.1) is 5.60 Å². The molecule has 1 atom stereocenters. The van der Waals surface area contributed by atoms with Crippen molar-refractivity contribution in [2.24, 2.45) is 0 Å². The summed E-state index contributed by atoms with van der Waals surface area (Å²) in [5.41, 5.74) is -0.217. The maximum Gasteiger partial charge on any atom is 0.408 e. The Balaban J connectivity index is 1.68. The van der Waals surface area contributed by atoms with Crippen LogP contribution in [0.25, 0.3) is 10.8 Å². The SMILES string of the molecule is COC1(C)CN(N(C(=O)c2ccccn2)c2csc(-c3nncn3C(C)C(F)(F)F)n2)C1. The minimum Gasteiger partial charge on any atom is -0.376 e. The lowest BCUT2D eigenvalue weighted by atomic mass is 9.98. The molecule has 3 aromatic rings. The normalized spacial score (nSPS) is 17.1. The van der Waals surface area contributed by atoms with Crippen LogP contribution >= 0.6 is 11.3 Å². The molecule has 0 aromatic carbocycles. The Morgan fingerprint density at radius 2 is 2.09 bits per heavy atom. The number of hydrogen-bond acceptors (Lipinski definition) is 8. The van der Waals surface area contributed by atoms with Crippen molar-refractivity contribution in [3.63, 3.8) is 0 Å². The quantitative estimate of drug-likeness (QED) is 0.550. The van der Waals surface area contributed by atoms with Crippen LogP contribution in [0.1, 0.15) is 30.4 Å². The number of thiazole rings is 1. The number of aromatic nitrogens is 5. The second-order valence-corrected chi connectivity index (χ2v) is 8.46. The van der Waals surface area contributed by atoms with Gasteiger partial charge in [0.25, 0.3) is 5.91 Å². The molecule has 0 bridgehead atoms. The van der Waals surface area contributed by atoms with Gasteiger partial charge in [0, 0.05) is 31.8 Å². The smallest absolute Gasteiger partial charge is 0.376 e. The van der Waals surface area contributed by atoms with Crippen molar-refractivity contribution in [3.8, 4) is 10.8 Å². The number of anilines is 1. The van der Waals surface area contributed by atoms with E-state index < -0.39 is 23.7 Å². The number of pyridine rings is 1. The Labute approximate surface area is 185 Å². The van der Waals surface area contributed by atoms with Crippen molar-refractivity contribution in [2.75, 3.05) is 25.2 Å². The molecule has 170 valence electrons. The summed E-state index contributed by atoms with van der Waals surface area (Å²) in [6.07, 6.45) is -1.94. The molecule has 1 aliphatic rings. The molecule has 4 heterocycles. The minimum atomic E-state index is -4.47. The molecule has 1 aliphatic heterocycles. The van der Waals surface area contributed by atoms with Crippen molar-refractivity contribution in [2.45, 2.75) is 31.7 Å². The van der Waals surface area contributed by atoms with Gasteiger partial charge in [0.15, 0.2) is 16.6 Å². The van der Waals surface area contributed by atoms with Gasteiger partial charge in [-0.15, -0.1) is 21.5 Å². The lowest BCUT2D eigenvalue weighted by Gasteiger charge is -2.50. The lowest BCUT2D eigenvalue weighted by molar-refractivity contribution is -0.162. The number of carbonyl (C=O) groups excluding carboxylic acids is 1. The molecule has 0 saturated carbocycles. The molecule has 13 heteroatoms. The number of nitrogens with zero attached hydrogens (tertiary/aromatic N) is 7. The summed E-state index contributed by atoms with van der Waals surface area (Å²) in [6, 6.07) is 3.15. The van der Waals surface area contributed by atoms with E-state index in [2.05, 4.69) is 20.2 Å². The zero-order valence-corrected chi connectivity index (χ0v) is 18.3. The molecule has 3 aromatic heterocycles. The first kappa shape index (κ1) is 22.3. The number of methoxy groups -OCH3 is 1. The van der Waals surface area contributed by atoms with Crippen molar-refractivity contribution in [1.29, 1.82) is 0 Å². The van der Waals surface area contributed by atoms with Gasteiger partial charge in [-0.1, -0.05) is 6.07 Å². The van der Waals surface area contributed by atoms with E-state index in [0.717, 1.165) is 29.2 Å². The highest BCUT2D eigenvalue weighted by Crippen LogP contribution is 2.36. The number of amides is 1. The van der Waals surface area contributed by atoms with Crippen molar-refractivity contribution in [3.05, 3.63) is 41.8 Å². The van der Waals surface area contributed by atoms with E-state index in [0.29, 0.717) is 13.1 Å². The maximum atomic E-state index is 13.2. The Morgan fingerprint density at radius 3 is 2.72 bits per heavy atom. The van der Waals surface area contributed by atoms with E-state index in [1.807, 2.05) is 6.92 Å². The van der Waals surface area contributed by atoms with Gasteiger partial charge in [-0.3, -0.25) is 14.3 Å². The molecule has 1 amide bonds. The molecule has 0 aliphatic carbocycles. The first-order valence-electron chi connectivity index (χ1n) is 9.60. The topological polar surface area (TPSA) is 89.3 Å². The molecule has 1 saturated heterocycles. The Hall–Kier alpha value is -2.90. The summed E-state index contributed by atoms with van der Waals surface area (Å²) in [4.78, 5) is 21.8. The van der Waals surface area contributed by atoms with Crippen LogP contribution in [0.2, 0.25) is 0 Å². The van der Waals surface area contributed by atoms with Gasteiger partial charge in [0.1, 0.15) is 18.1 Å². The predicted molar refractivity (Wildman–Crippen MR) is 110 cm³/mol. The molecule has 0 N–H and O–H groups in total. The molecule has 0 radical (unpaired) electrons. The van der Waals surface area contributed by atoms with Crippen LogP contribution in [-0.4, -0.2) is 67.6 Å². The van der Waals surface area contributed by atoms with Gasteiger partial charge >= 0.3 is 6.18 Å². The first-order chi connectivity index (χ1) is 15.1. The molecule has 1 unspecified atom stereocenters. The number of alkyl halides is 3. The first-order valence-corrected chi connectivity index (χ1v) is 10.5. The summed E-state index contributed by atoms with van der Waals surface area (Å²) in [5.74, 6) is -0.180. The minimum absolute atomic E-state index is 0.0263. The fraction of sp³-hybridized carbons (Fsp3) is 0.421. The zero-order chi connectivity index (χ0) is 23.1. The molecule has 0 spiro atoms. The predicted octanol–water partition coefficient (Wildman–Crippen LogP) is 3.20. The summed E-state index contributed by atoms with van der Waals surface area (Å²) < 4.78 is 46.1. The number of rotatable bonds is 6. The third-order valence-electron chi connectivity index (χ3n) is 5.25. The van der Waals surface area contributed by atoms with E-state index in [1.54, 1.807) is 35.7 Å². The Bertz CT molecular complexity index is 1100. The van der Waals surface area contributed by atoms with Crippen LogP contribution in [0, 0.1) is 0 Å². The summed E-state index contributed by atoms with van der Waals surface area (Å²) in [5, 5.41) is 12.4. The van der Waals surface area contributed by atoms with Gasteiger partial charge in [-0.05, 0) is 26.0 Å². The van der Waals surface area contributed by atoms with Crippen LogP contribution in [0.5, 0.6) is 0 Å². The van der Waals surface area contributed by atoms with E-state index in [1.165, 1.54) is 11.2 Å². The van der Waals surface area contributed by atoms with Crippen molar-refractivity contribution >= 4 is 23.1 Å². The van der Waals surface area contributed by atoms with Crippen LogP contribution in [0.4, 0.5) is 19.0 Å². The van der Waals surface area contributed by atoms with Crippen LogP contribution in [0.3, 0.4) is 0 Å². The van der Waals surface area contributed by atoms with Gasteiger partial charge in [0.2, 0.25) is 0 Å². The Kier molecular flexibility index (Phi) is 5.73. The second kappa shape index (κ2) is 8.22. The lowest BCUT2D eigenvalue weighted by Crippen LogP contribution is -2.67. The molecule has 9 nitrogen and oxygen atoms in total. The number of halogens is 3. The average Bonchev–Trinajstić information content (AvgIpc) is 3.41. The third kappa shape index (κ3) is 4.10. The summed E-state index contributed by atoms with van der Waals surface area (Å²) >= 11 is 1.07. The molecule has 1 fully saturated rings. The zero-order valence-electron chi connectivity index (χ0n) is 17.4. The number of hydrazine groups is 1. The molecule has 4 rings (SSSR count). The summed E-state index contributed by atoms with van der Waals surface area (Å²) in [7, 11) is 1.60. The molecular weight excluding hydrogens is 447 g/mol. The van der Waals surface area contributed by atoms with E-state index in [4.69, 9.17) is 4.74 Å². The third-order valence-corrected chi connectivity index (χ3v) is 6.08. The van der Waals surface area contributed by atoms with E-state index in [-0.39, 0.29) is 22.3 Å². The largest absolute Gasteiger partial charge is 0.408 e. The second-order valence-electron chi connectivity index (χ2n) is 7.60.